The number of Topliss-reactive ketones (excluding diaryl/α,β-unsaturated/α-hetero) is 1. The molecule has 0 amide bonds. The van der Waals surface area contributed by atoms with Crippen LogP contribution >= 0.6 is 0 Å². The summed E-state index contributed by atoms with van der Waals surface area (Å²) in [5.74, 6) is -0.315. The maximum absolute atomic E-state index is 12.7. The van der Waals surface area contributed by atoms with Crippen LogP contribution in [-0.2, 0) is 6.18 Å². The maximum atomic E-state index is 12.7. The number of hydrogen-bond acceptors (Lipinski definition) is 3. The molecule has 1 fully saturated rings. The lowest BCUT2D eigenvalue weighted by Crippen LogP contribution is -2.32. The summed E-state index contributed by atoms with van der Waals surface area (Å²) in [6.07, 6.45) is -3.19. The van der Waals surface area contributed by atoms with Crippen LogP contribution in [0.2, 0.25) is 0 Å². The van der Waals surface area contributed by atoms with Gasteiger partial charge in [0, 0.05) is 5.92 Å². The molecule has 0 unspecified atom stereocenters. The predicted octanol–water partition coefficient (Wildman–Crippen LogP) is 2.90. The number of ether oxygens (including phenoxy) is 1. The number of nitrogens with one attached hydrogen (secondary N) is 1. The van der Waals surface area contributed by atoms with E-state index in [1.54, 1.807) is 0 Å². The molecule has 0 saturated carbocycles. The lowest BCUT2D eigenvalue weighted by molar-refractivity contribution is -0.137. The zero-order valence-electron chi connectivity index (χ0n) is 11.1. The molecule has 3 nitrogen and oxygen atoms in total. The molecule has 1 N–H and O–H groups in total. The standard InChI is InChI=1S/C14H16F3NO2/c1-20-12-3-2-10(14(15,16)17)8-11(12)13(19)9-4-6-18-7-5-9/h2-3,8-9,18H,4-7H2,1H3. The number of hydrogen-bond donors (Lipinski definition) is 1. The van der Waals surface area contributed by atoms with Crippen molar-refractivity contribution >= 4 is 5.78 Å². The Hall–Kier alpha value is -1.56. The van der Waals surface area contributed by atoms with Crippen molar-refractivity contribution in [1.29, 1.82) is 0 Å². The second-order valence-electron chi connectivity index (χ2n) is 4.80. The number of piperidine rings is 1. The molecule has 1 aromatic rings. The van der Waals surface area contributed by atoms with Crippen LogP contribution < -0.4 is 10.1 Å². The van der Waals surface area contributed by atoms with Gasteiger partial charge in [-0.3, -0.25) is 4.79 Å². The molecular formula is C14H16F3NO2. The largest absolute Gasteiger partial charge is 0.496 e. The van der Waals surface area contributed by atoms with Crippen LogP contribution in [0.15, 0.2) is 18.2 Å². The molecule has 0 bridgehead atoms. The fourth-order valence-electron chi connectivity index (χ4n) is 2.38. The normalized spacial score (nSPS) is 17.0. The number of benzene rings is 1. The SMILES string of the molecule is COc1ccc(C(F)(F)F)cc1C(=O)C1CCNCC1. The summed E-state index contributed by atoms with van der Waals surface area (Å²) in [5.41, 5.74) is -0.801. The van der Waals surface area contributed by atoms with Gasteiger partial charge in [-0.05, 0) is 44.1 Å². The van der Waals surface area contributed by atoms with Gasteiger partial charge in [-0.1, -0.05) is 0 Å². The molecule has 0 aromatic heterocycles. The first-order valence-corrected chi connectivity index (χ1v) is 6.43. The zero-order valence-corrected chi connectivity index (χ0v) is 11.1. The minimum absolute atomic E-state index is 0.0224. The average Bonchev–Trinajstić information content (AvgIpc) is 2.45. The number of methoxy groups -OCH3 is 1. The van der Waals surface area contributed by atoms with Crippen LogP contribution in [0.1, 0.15) is 28.8 Å². The van der Waals surface area contributed by atoms with Crippen LogP contribution in [0, 0.1) is 5.92 Å². The van der Waals surface area contributed by atoms with Crippen LogP contribution in [0.5, 0.6) is 5.75 Å². The van der Waals surface area contributed by atoms with E-state index < -0.39 is 11.7 Å². The highest BCUT2D eigenvalue weighted by Gasteiger charge is 2.33. The van der Waals surface area contributed by atoms with E-state index in [0.29, 0.717) is 25.9 Å². The van der Waals surface area contributed by atoms with Gasteiger partial charge in [-0.25, -0.2) is 0 Å². The third-order valence-electron chi connectivity index (χ3n) is 3.50. The number of halogens is 3. The van der Waals surface area contributed by atoms with Gasteiger partial charge >= 0.3 is 6.18 Å². The Morgan fingerprint density at radius 1 is 1.30 bits per heavy atom. The molecule has 2 rings (SSSR count). The lowest BCUT2D eigenvalue weighted by Gasteiger charge is -2.22. The molecule has 0 atom stereocenters. The molecule has 1 aromatic carbocycles. The van der Waals surface area contributed by atoms with E-state index in [1.165, 1.54) is 13.2 Å². The fourth-order valence-corrected chi connectivity index (χ4v) is 2.38. The Labute approximate surface area is 115 Å². The third-order valence-corrected chi connectivity index (χ3v) is 3.50. The molecule has 110 valence electrons. The van der Waals surface area contributed by atoms with Crippen molar-refractivity contribution in [3.8, 4) is 5.75 Å². The molecule has 1 heterocycles. The summed E-state index contributed by atoms with van der Waals surface area (Å²) >= 11 is 0. The minimum Gasteiger partial charge on any atom is -0.496 e. The van der Waals surface area contributed by atoms with E-state index in [-0.39, 0.29) is 23.0 Å². The van der Waals surface area contributed by atoms with Gasteiger partial charge in [0.1, 0.15) is 5.75 Å². The van der Waals surface area contributed by atoms with Crippen molar-refractivity contribution < 1.29 is 22.7 Å². The smallest absolute Gasteiger partial charge is 0.416 e. The average molecular weight is 287 g/mol. The fraction of sp³-hybridized carbons (Fsp3) is 0.500. The van der Waals surface area contributed by atoms with E-state index in [2.05, 4.69) is 5.32 Å². The number of alkyl halides is 3. The van der Waals surface area contributed by atoms with E-state index in [0.717, 1.165) is 12.1 Å². The van der Waals surface area contributed by atoms with Crippen LogP contribution in [0.4, 0.5) is 13.2 Å². The topological polar surface area (TPSA) is 38.3 Å². The molecule has 0 radical (unpaired) electrons. The van der Waals surface area contributed by atoms with E-state index in [9.17, 15) is 18.0 Å². The highest BCUT2D eigenvalue weighted by Crippen LogP contribution is 2.34. The maximum Gasteiger partial charge on any atom is 0.416 e. The number of rotatable bonds is 3. The van der Waals surface area contributed by atoms with Crippen molar-refractivity contribution in [2.75, 3.05) is 20.2 Å². The molecule has 1 saturated heterocycles. The summed E-state index contributed by atoms with van der Waals surface area (Å²) in [7, 11) is 1.35. The van der Waals surface area contributed by atoms with Crippen molar-refractivity contribution in [1.82, 2.24) is 5.32 Å². The lowest BCUT2D eigenvalue weighted by atomic mass is 9.88. The second kappa shape index (κ2) is 5.83. The van der Waals surface area contributed by atoms with Crippen LogP contribution in [0.25, 0.3) is 0 Å². The number of carbonyl (C=O) groups excluding carboxylic acids is 1. The molecule has 1 aliphatic rings. The second-order valence-corrected chi connectivity index (χ2v) is 4.80. The summed E-state index contributed by atoms with van der Waals surface area (Å²) in [4.78, 5) is 12.4. The van der Waals surface area contributed by atoms with Gasteiger partial charge in [0.05, 0.1) is 18.2 Å². The van der Waals surface area contributed by atoms with E-state index in [4.69, 9.17) is 4.74 Å². The van der Waals surface area contributed by atoms with Crippen molar-refractivity contribution in [3.05, 3.63) is 29.3 Å². The highest BCUT2D eigenvalue weighted by molar-refractivity contribution is 6.00. The van der Waals surface area contributed by atoms with Crippen molar-refractivity contribution in [2.24, 2.45) is 5.92 Å². The zero-order chi connectivity index (χ0) is 14.8. The van der Waals surface area contributed by atoms with E-state index >= 15 is 0 Å². The van der Waals surface area contributed by atoms with Gasteiger partial charge in [-0.2, -0.15) is 13.2 Å². The molecule has 0 aliphatic carbocycles. The highest BCUT2D eigenvalue weighted by atomic mass is 19.4. The predicted molar refractivity (Wildman–Crippen MR) is 67.9 cm³/mol. The summed E-state index contributed by atoms with van der Waals surface area (Å²) in [5, 5.41) is 3.12. The van der Waals surface area contributed by atoms with Gasteiger partial charge in [-0.15, -0.1) is 0 Å². The minimum atomic E-state index is -4.46. The molecule has 0 spiro atoms. The first-order chi connectivity index (χ1) is 9.43. The Morgan fingerprint density at radius 2 is 1.95 bits per heavy atom. The van der Waals surface area contributed by atoms with E-state index in [1.807, 2.05) is 0 Å². The molecule has 6 heteroatoms. The van der Waals surface area contributed by atoms with Crippen LogP contribution in [-0.4, -0.2) is 26.0 Å². The van der Waals surface area contributed by atoms with Gasteiger partial charge in [0.15, 0.2) is 5.78 Å². The van der Waals surface area contributed by atoms with Gasteiger partial charge < -0.3 is 10.1 Å². The molecule has 20 heavy (non-hydrogen) atoms. The van der Waals surface area contributed by atoms with Gasteiger partial charge in [0.25, 0.3) is 0 Å². The number of ketones is 1. The first kappa shape index (κ1) is 14.8. The van der Waals surface area contributed by atoms with Gasteiger partial charge in [0.2, 0.25) is 0 Å². The molecule has 1 aliphatic heterocycles. The first-order valence-electron chi connectivity index (χ1n) is 6.43. The Kier molecular flexibility index (Phi) is 4.32. The van der Waals surface area contributed by atoms with Crippen molar-refractivity contribution in [2.45, 2.75) is 19.0 Å². The number of carbonyl (C=O) groups is 1. The third kappa shape index (κ3) is 3.12. The Balaban J connectivity index is 2.34. The monoisotopic (exact) mass is 287 g/mol. The quantitative estimate of drug-likeness (QED) is 0.869. The molecular weight excluding hydrogens is 271 g/mol. The summed E-state index contributed by atoms with van der Waals surface area (Å²) < 4.78 is 43.3. The summed E-state index contributed by atoms with van der Waals surface area (Å²) in [6, 6.07) is 3.03. The Morgan fingerprint density at radius 3 is 2.50 bits per heavy atom. The summed E-state index contributed by atoms with van der Waals surface area (Å²) in [6.45, 7) is 1.41. The van der Waals surface area contributed by atoms with Crippen molar-refractivity contribution in [3.63, 3.8) is 0 Å². The Bertz CT molecular complexity index is 494. The van der Waals surface area contributed by atoms with Crippen LogP contribution in [0.3, 0.4) is 0 Å².